The van der Waals surface area contributed by atoms with Crippen LogP contribution in [-0.2, 0) is 0 Å². The summed E-state index contributed by atoms with van der Waals surface area (Å²) in [7, 11) is 0. The molecule has 0 bridgehead atoms. The van der Waals surface area contributed by atoms with Gasteiger partial charge in [-0.3, -0.25) is 0 Å². The molecular formula is C11H17ClN2O. The van der Waals surface area contributed by atoms with E-state index in [1.54, 1.807) is 12.1 Å². The summed E-state index contributed by atoms with van der Waals surface area (Å²) in [5.41, 5.74) is 7.34. The first kappa shape index (κ1) is 12.1. The standard InChI is InChI=1S/C11H17ClN2O/c1-8(3-2-6-15)14-11-7-9(12)4-5-10(11)13/h4-5,7-8,14-15H,2-3,6,13H2,1H3. The van der Waals surface area contributed by atoms with E-state index < -0.39 is 0 Å². The molecule has 0 saturated carbocycles. The summed E-state index contributed by atoms with van der Waals surface area (Å²) < 4.78 is 0. The number of aliphatic hydroxyl groups is 1. The van der Waals surface area contributed by atoms with Gasteiger partial charge in [0.25, 0.3) is 0 Å². The van der Waals surface area contributed by atoms with Crippen molar-refractivity contribution in [1.29, 1.82) is 0 Å². The van der Waals surface area contributed by atoms with E-state index in [1.165, 1.54) is 0 Å². The molecule has 84 valence electrons. The number of halogens is 1. The van der Waals surface area contributed by atoms with Crippen LogP contribution in [0.2, 0.25) is 5.02 Å². The van der Waals surface area contributed by atoms with Crippen molar-refractivity contribution in [3.05, 3.63) is 23.2 Å². The van der Waals surface area contributed by atoms with Gasteiger partial charge in [0.1, 0.15) is 0 Å². The molecule has 0 heterocycles. The van der Waals surface area contributed by atoms with Crippen LogP contribution < -0.4 is 11.1 Å². The first-order valence-corrected chi connectivity index (χ1v) is 5.43. The summed E-state index contributed by atoms with van der Waals surface area (Å²) in [5.74, 6) is 0. The molecule has 0 aliphatic rings. The molecule has 15 heavy (non-hydrogen) atoms. The third-order valence-corrected chi connectivity index (χ3v) is 2.45. The number of rotatable bonds is 5. The van der Waals surface area contributed by atoms with E-state index in [9.17, 15) is 0 Å². The Morgan fingerprint density at radius 1 is 1.53 bits per heavy atom. The number of nitrogens with two attached hydrogens (primary N) is 1. The van der Waals surface area contributed by atoms with Gasteiger partial charge in [0.15, 0.2) is 0 Å². The summed E-state index contributed by atoms with van der Waals surface area (Å²) in [5, 5.41) is 12.6. The van der Waals surface area contributed by atoms with E-state index in [0.29, 0.717) is 10.7 Å². The average molecular weight is 229 g/mol. The van der Waals surface area contributed by atoms with Crippen LogP contribution in [0.4, 0.5) is 11.4 Å². The molecule has 4 N–H and O–H groups in total. The summed E-state index contributed by atoms with van der Waals surface area (Å²) in [6, 6.07) is 5.63. The highest BCUT2D eigenvalue weighted by atomic mass is 35.5. The molecule has 0 spiro atoms. The number of aliphatic hydroxyl groups excluding tert-OH is 1. The highest BCUT2D eigenvalue weighted by Gasteiger charge is 2.04. The molecule has 4 heteroatoms. The zero-order valence-corrected chi connectivity index (χ0v) is 9.59. The lowest BCUT2D eigenvalue weighted by Crippen LogP contribution is -2.16. The van der Waals surface area contributed by atoms with Gasteiger partial charge in [-0.2, -0.15) is 0 Å². The van der Waals surface area contributed by atoms with Crippen LogP contribution in [0.3, 0.4) is 0 Å². The molecule has 0 amide bonds. The lowest BCUT2D eigenvalue weighted by atomic mass is 10.1. The van der Waals surface area contributed by atoms with Crippen LogP contribution in [0.15, 0.2) is 18.2 Å². The number of hydrogen-bond acceptors (Lipinski definition) is 3. The smallest absolute Gasteiger partial charge is 0.0590 e. The van der Waals surface area contributed by atoms with E-state index in [0.717, 1.165) is 18.5 Å². The molecule has 1 atom stereocenters. The molecule has 1 rings (SSSR count). The molecule has 1 aromatic carbocycles. The largest absolute Gasteiger partial charge is 0.397 e. The maximum atomic E-state index is 8.71. The summed E-state index contributed by atoms with van der Waals surface area (Å²) in [6.07, 6.45) is 1.69. The lowest BCUT2D eigenvalue weighted by molar-refractivity contribution is 0.282. The molecular weight excluding hydrogens is 212 g/mol. The third-order valence-electron chi connectivity index (χ3n) is 2.21. The van der Waals surface area contributed by atoms with Gasteiger partial charge < -0.3 is 16.2 Å². The second-order valence-corrected chi connectivity index (χ2v) is 4.08. The first-order chi connectivity index (χ1) is 7.13. The van der Waals surface area contributed by atoms with Gasteiger partial charge in [-0.15, -0.1) is 0 Å². The summed E-state index contributed by atoms with van der Waals surface area (Å²) in [4.78, 5) is 0. The Morgan fingerprint density at radius 2 is 2.27 bits per heavy atom. The highest BCUT2D eigenvalue weighted by molar-refractivity contribution is 6.31. The predicted octanol–water partition coefficient (Wildman–Crippen LogP) is 2.50. The van der Waals surface area contributed by atoms with Crippen molar-refractivity contribution in [2.24, 2.45) is 0 Å². The van der Waals surface area contributed by atoms with Crippen LogP contribution >= 0.6 is 11.6 Å². The van der Waals surface area contributed by atoms with Gasteiger partial charge in [-0.05, 0) is 38.0 Å². The second kappa shape index (κ2) is 5.83. The monoisotopic (exact) mass is 228 g/mol. The van der Waals surface area contributed by atoms with Crippen LogP contribution in [0.5, 0.6) is 0 Å². The molecule has 0 aromatic heterocycles. The SMILES string of the molecule is CC(CCCO)Nc1cc(Cl)ccc1N. The van der Waals surface area contributed by atoms with E-state index >= 15 is 0 Å². The molecule has 0 aliphatic heterocycles. The average Bonchev–Trinajstić information content (AvgIpc) is 2.20. The second-order valence-electron chi connectivity index (χ2n) is 3.64. The first-order valence-electron chi connectivity index (χ1n) is 5.06. The van der Waals surface area contributed by atoms with Crippen molar-refractivity contribution in [3.8, 4) is 0 Å². The molecule has 0 fully saturated rings. The minimum Gasteiger partial charge on any atom is -0.397 e. The van der Waals surface area contributed by atoms with Gasteiger partial charge in [0.05, 0.1) is 11.4 Å². The fourth-order valence-corrected chi connectivity index (χ4v) is 1.56. The molecule has 1 aromatic rings. The number of nitrogen functional groups attached to an aromatic ring is 1. The topological polar surface area (TPSA) is 58.3 Å². The predicted molar refractivity (Wildman–Crippen MR) is 65.3 cm³/mol. The summed E-state index contributed by atoms with van der Waals surface area (Å²) in [6.45, 7) is 2.27. The fourth-order valence-electron chi connectivity index (χ4n) is 1.39. The van der Waals surface area contributed by atoms with Crippen molar-refractivity contribution in [2.45, 2.75) is 25.8 Å². The maximum absolute atomic E-state index is 8.71. The Bertz CT molecular complexity index is 317. The molecule has 0 saturated heterocycles. The van der Waals surface area contributed by atoms with Gasteiger partial charge in [0.2, 0.25) is 0 Å². The lowest BCUT2D eigenvalue weighted by Gasteiger charge is -2.16. The van der Waals surface area contributed by atoms with Gasteiger partial charge >= 0.3 is 0 Å². The van der Waals surface area contributed by atoms with Crippen molar-refractivity contribution in [2.75, 3.05) is 17.7 Å². The normalized spacial score (nSPS) is 12.5. The van der Waals surface area contributed by atoms with Crippen molar-refractivity contribution in [1.82, 2.24) is 0 Å². The van der Waals surface area contributed by atoms with E-state index in [-0.39, 0.29) is 12.6 Å². The van der Waals surface area contributed by atoms with Crippen LogP contribution in [-0.4, -0.2) is 17.8 Å². The third kappa shape index (κ3) is 3.98. The Morgan fingerprint density at radius 3 is 2.93 bits per heavy atom. The molecule has 3 nitrogen and oxygen atoms in total. The van der Waals surface area contributed by atoms with E-state index in [2.05, 4.69) is 12.2 Å². The van der Waals surface area contributed by atoms with Crippen molar-refractivity contribution < 1.29 is 5.11 Å². The quantitative estimate of drug-likeness (QED) is 0.679. The van der Waals surface area contributed by atoms with Crippen molar-refractivity contribution >= 4 is 23.0 Å². The van der Waals surface area contributed by atoms with Crippen LogP contribution in [0.25, 0.3) is 0 Å². The Balaban J connectivity index is 2.59. The zero-order valence-electron chi connectivity index (χ0n) is 8.83. The van der Waals surface area contributed by atoms with Crippen molar-refractivity contribution in [3.63, 3.8) is 0 Å². The molecule has 1 unspecified atom stereocenters. The van der Waals surface area contributed by atoms with Gasteiger partial charge in [-0.25, -0.2) is 0 Å². The van der Waals surface area contributed by atoms with Crippen LogP contribution in [0, 0.1) is 0 Å². The Kier molecular flexibility index (Phi) is 4.72. The minimum absolute atomic E-state index is 0.219. The van der Waals surface area contributed by atoms with Crippen LogP contribution in [0.1, 0.15) is 19.8 Å². The minimum atomic E-state index is 0.219. The molecule has 0 radical (unpaired) electrons. The summed E-state index contributed by atoms with van der Waals surface area (Å²) >= 11 is 5.87. The van der Waals surface area contributed by atoms with E-state index in [4.69, 9.17) is 22.4 Å². The Labute approximate surface area is 95.2 Å². The number of anilines is 2. The number of benzene rings is 1. The molecule has 0 aliphatic carbocycles. The van der Waals surface area contributed by atoms with Gasteiger partial charge in [0, 0.05) is 17.7 Å². The van der Waals surface area contributed by atoms with Gasteiger partial charge in [-0.1, -0.05) is 11.6 Å². The fraction of sp³-hybridized carbons (Fsp3) is 0.455. The Hall–Kier alpha value is -0.930. The highest BCUT2D eigenvalue weighted by Crippen LogP contribution is 2.24. The van der Waals surface area contributed by atoms with E-state index in [1.807, 2.05) is 6.07 Å². The number of hydrogen-bond donors (Lipinski definition) is 3. The number of nitrogens with one attached hydrogen (secondary N) is 1. The maximum Gasteiger partial charge on any atom is 0.0590 e. The zero-order chi connectivity index (χ0) is 11.3.